The molecule has 0 bridgehead atoms. The number of hydrogen-bond acceptors (Lipinski definition) is 3. The maximum atomic E-state index is 12.1. The Morgan fingerprint density at radius 2 is 1.96 bits per heavy atom. The van der Waals surface area contributed by atoms with Crippen LogP contribution in [0.5, 0.6) is 0 Å². The van der Waals surface area contributed by atoms with Gasteiger partial charge in [0.1, 0.15) is 5.58 Å². The number of aryl methyl sites for hydroxylation is 1. The number of hydrogen-bond donors (Lipinski definition) is 2. The molecule has 0 aliphatic carbocycles. The highest BCUT2D eigenvalue weighted by atomic mass is 35.5. The summed E-state index contributed by atoms with van der Waals surface area (Å²) in [5.74, 6) is -0.766. The van der Waals surface area contributed by atoms with Crippen LogP contribution in [0.4, 0.5) is 0 Å². The summed E-state index contributed by atoms with van der Waals surface area (Å²) in [4.78, 5) is 24.1. The van der Waals surface area contributed by atoms with Crippen molar-refractivity contribution < 1.29 is 14.0 Å². The lowest BCUT2D eigenvalue weighted by Crippen LogP contribution is -2.42. The van der Waals surface area contributed by atoms with Crippen molar-refractivity contribution >= 4 is 34.4 Å². The second-order valence-electron chi connectivity index (χ2n) is 5.63. The Bertz CT molecular complexity index is 933. The van der Waals surface area contributed by atoms with Crippen molar-refractivity contribution in [2.45, 2.75) is 19.8 Å². The summed E-state index contributed by atoms with van der Waals surface area (Å²) in [6, 6.07) is 12.4. The molecule has 5 nitrogen and oxygen atoms in total. The maximum Gasteiger partial charge on any atom is 0.269 e. The molecule has 1 aromatic heterocycles. The number of carbonyl (C=O) groups excluding carboxylic acids is 2. The summed E-state index contributed by atoms with van der Waals surface area (Å²) in [7, 11) is 0. The lowest BCUT2D eigenvalue weighted by molar-refractivity contribution is -0.121. The van der Waals surface area contributed by atoms with Crippen LogP contribution in [-0.2, 0) is 17.6 Å². The summed E-state index contributed by atoms with van der Waals surface area (Å²) in [6.45, 7) is 2.07. The van der Waals surface area contributed by atoms with Crippen LogP contribution in [0.15, 0.2) is 53.1 Å². The second-order valence-corrected chi connectivity index (χ2v) is 6.07. The Balaban J connectivity index is 1.62. The van der Waals surface area contributed by atoms with E-state index in [4.69, 9.17) is 16.0 Å². The zero-order chi connectivity index (χ0) is 17.8. The summed E-state index contributed by atoms with van der Waals surface area (Å²) in [6.07, 6.45) is 2.60. The standard InChI is InChI=1S/C19H17ClN2O3/c1-2-12-6-7-16-14(11-25-17(16)8-12)10-18(23)21-22-19(24)13-4-3-5-15(20)9-13/h3-9,11H,2,10H2,1H3,(H,21,23)(H,22,24). The number of amides is 2. The van der Waals surface area contributed by atoms with Gasteiger partial charge in [-0.1, -0.05) is 36.7 Å². The molecule has 0 saturated carbocycles. The number of benzene rings is 2. The molecule has 3 aromatic rings. The highest BCUT2D eigenvalue weighted by Crippen LogP contribution is 2.23. The van der Waals surface area contributed by atoms with Crippen molar-refractivity contribution in [2.75, 3.05) is 0 Å². The van der Waals surface area contributed by atoms with Crippen LogP contribution in [0, 0.1) is 0 Å². The maximum absolute atomic E-state index is 12.1. The van der Waals surface area contributed by atoms with Gasteiger partial charge in [0, 0.05) is 21.5 Å². The smallest absolute Gasteiger partial charge is 0.269 e. The molecule has 128 valence electrons. The molecule has 6 heteroatoms. The Morgan fingerprint density at radius 1 is 1.12 bits per heavy atom. The van der Waals surface area contributed by atoms with Gasteiger partial charge in [0.15, 0.2) is 0 Å². The fourth-order valence-corrected chi connectivity index (χ4v) is 2.72. The summed E-state index contributed by atoms with van der Waals surface area (Å²) < 4.78 is 5.52. The quantitative estimate of drug-likeness (QED) is 0.701. The van der Waals surface area contributed by atoms with E-state index in [0.29, 0.717) is 10.6 Å². The fourth-order valence-electron chi connectivity index (χ4n) is 2.53. The average molecular weight is 357 g/mol. The number of fused-ring (bicyclic) bond motifs is 1. The van der Waals surface area contributed by atoms with E-state index < -0.39 is 5.91 Å². The Morgan fingerprint density at radius 3 is 2.72 bits per heavy atom. The van der Waals surface area contributed by atoms with Crippen molar-refractivity contribution in [3.05, 3.63) is 70.4 Å². The van der Waals surface area contributed by atoms with E-state index in [2.05, 4.69) is 17.8 Å². The van der Waals surface area contributed by atoms with Crippen LogP contribution in [0.3, 0.4) is 0 Å². The minimum Gasteiger partial charge on any atom is -0.464 e. The molecule has 0 aliphatic heterocycles. The first-order valence-corrected chi connectivity index (χ1v) is 8.28. The Kier molecular flexibility index (Phi) is 5.05. The molecule has 0 unspecified atom stereocenters. The van der Waals surface area contributed by atoms with Gasteiger partial charge >= 0.3 is 0 Å². The van der Waals surface area contributed by atoms with Gasteiger partial charge in [-0.05, 0) is 36.2 Å². The zero-order valence-electron chi connectivity index (χ0n) is 13.6. The van der Waals surface area contributed by atoms with Crippen LogP contribution < -0.4 is 10.9 Å². The van der Waals surface area contributed by atoms with Crippen molar-refractivity contribution in [3.8, 4) is 0 Å². The summed E-state index contributed by atoms with van der Waals surface area (Å²) in [5.41, 5.74) is 7.85. The highest BCUT2D eigenvalue weighted by Gasteiger charge is 2.12. The molecular formula is C19H17ClN2O3. The number of halogens is 1. The van der Waals surface area contributed by atoms with Gasteiger partial charge in [0.25, 0.3) is 5.91 Å². The van der Waals surface area contributed by atoms with Gasteiger partial charge in [-0.3, -0.25) is 20.4 Å². The van der Waals surface area contributed by atoms with Crippen LogP contribution in [0.2, 0.25) is 5.02 Å². The third kappa shape index (κ3) is 4.00. The molecular weight excluding hydrogens is 340 g/mol. The van der Waals surface area contributed by atoms with E-state index in [1.54, 1.807) is 24.5 Å². The van der Waals surface area contributed by atoms with Crippen LogP contribution in [0.1, 0.15) is 28.4 Å². The molecule has 0 spiro atoms. The third-order valence-electron chi connectivity index (χ3n) is 3.88. The van der Waals surface area contributed by atoms with E-state index in [-0.39, 0.29) is 12.3 Å². The van der Waals surface area contributed by atoms with E-state index in [1.807, 2.05) is 18.2 Å². The first-order chi connectivity index (χ1) is 12.1. The monoisotopic (exact) mass is 356 g/mol. The number of carbonyl (C=O) groups is 2. The van der Waals surface area contributed by atoms with Crippen molar-refractivity contribution in [2.24, 2.45) is 0 Å². The van der Waals surface area contributed by atoms with Crippen molar-refractivity contribution in [3.63, 3.8) is 0 Å². The number of furan rings is 1. The van der Waals surface area contributed by atoms with Crippen LogP contribution >= 0.6 is 11.6 Å². The van der Waals surface area contributed by atoms with Gasteiger partial charge in [-0.15, -0.1) is 0 Å². The normalized spacial score (nSPS) is 10.6. The molecule has 0 saturated heterocycles. The fraction of sp³-hybridized carbons (Fsp3) is 0.158. The topological polar surface area (TPSA) is 71.3 Å². The highest BCUT2D eigenvalue weighted by molar-refractivity contribution is 6.30. The van der Waals surface area contributed by atoms with E-state index in [9.17, 15) is 9.59 Å². The van der Waals surface area contributed by atoms with Crippen LogP contribution in [-0.4, -0.2) is 11.8 Å². The zero-order valence-corrected chi connectivity index (χ0v) is 14.4. The minimum absolute atomic E-state index is 0.105. The molecule has 0 radical (unpaired) electrons. The Labute approximate surface area is 149 Å². The first-order valence-electron chi connectivity index (χ1n) is 7.90. The van der Waals surface area contributed by atoms with Gasteiger partial charge < -0.3 is 4.42 Å². The lowest BCUT2D eigenvalue weighted by Gasteiger charge is -2.07. The van der Waals surface area contributed by atoms with Gasteiger partial charge in [-0.25, -0.2) is 0 Å². The molecule has 0 fully saturated rings. The molecule has 2 N–H and O–H groups in total. The average Bonchev–Trinajstić information content (AvgIpc) is 3.01. The molecule has 2 aromatic carbocycles. The first kappa shape index (κ1) is 17.0. The lowest BCUT2D eigenvalue weighted by atomic mass is 10.1. The van der Waals surface area contributed by atoms with E-state index >= 15 is 0 Å². The minimum atomic E-state index is -0.430. The molecule has 0 aliphatic rings. The Hall–Kier alpha value is -2.79. The summed E-state index contributed by atoms with van der Waals surface area (Å²) in [5, 5.41) is 1.35. The number of rotatable bonds is 4. The summed E-state index contributed by atoms with van der Waals surface area (Å²) >= 11 is 5.85. The predicted octanol–water partition coefficient (Wildman–Crippen LogP) is 3.65. The van der Waals surface area contributed by atoms with Crippen molar-refractivity contribution in [1.82, 2.24) is 10.9 Å². The number of nitrogens with one attached hydrogen (secondary N) is 2. The molecule has 3 rings (SSSR count). The van der Waals surface area contributed by atoms with E-state index in [1.165, 1.54) is 11.6 Å². The third-order valence-corrected chi connectivity index (χ3v) is 4.12. The largest absolute Gasteiger partial charge is 0.464 e. The van der Waals surface area contributed by atoms with Gasteiger partial charge in [-0.2, -0.15) is 0 Å². The van der Waals surface area contributed by atoms with Gasteiger partial charge in [0.2, 0.25) is 5.91 Å². The van der Waals surface area contributed by atoms with Crippen molar-refractivity contribution in [1.29, 1.82) is 0 Å². The van der Waals surface area contributed by atoms with Gasteiger partial charge in [0.05, 0.1) is 12.7 Å². The second kappa shape index (κ2) is 7.40. The molecule has 2 amide bonds. The van der Waals surface area contributed by atoms with Crippen LogP contribution in [0.25, 0.3) is 11.0 Å². The predicted molar refractivity (Wildman–Crippen MR) is 96.4 cm³/mol. The number of hydrazine groups is 1. The molecule has 25 heavy (non-hydrogen) atoms. The van der Waals surface area contributed by atoms with E-state index in [0.717, 1.165) is 23.0 Å². The molecule has 0 atom stereocenters. The molecule has 1 heterocycles. The SMILES string of the molecule is CCc1ccc2c(CC(=O)NNC(=O)c3cccc(Cl)c3)coc2c1.